The first kappa shape index (κ1) is 16.7. The van der Waals surface area contributed by atoms with Crippen LogP contribution < -0.4 is 4.84 Å². The van der Waals surface area contributed by atoms with E-state index >= 15 is 4.39 Å². The predicted molar refractivity (Wildman–Crippen MR) is 93.5 cm³/mol. The Labute approximate surface area is 161 Å². The molecule has 2 N–H and O–H groups in total. The third-order valence-corrected chi connectivity index (χ3v) is 5.49. The van der Waals surface area contributed by atoms with E-state index in [-0.39, 0.29) is 5.88 Å². The summed E-state index contributed by atoms with van der Waals surface area (Å²) in [5.74, 6) is 0.123. The number of benzene rings is 1. The number of ether oxygens (including phenoxy) is 1. The second-order valence-electron chi connectivity index (χ2n) is 7.04. The molecule has 3 aromatic heterocycles. The van der Waals surface area contributed by atoms with Crippen LogP contribution in [0.1, 0.15) is 6.04 Å². The molecule has 1 aliphatic carbocycles. The van der Waals surface area contributed by atoms with Crippen molar-refractivity contribution in [1.82, 2.24) is 34.7 Å². The standard InChI is InChI=1S/C17H14FN7O4/c18-17-12(14(17)28-10(5-26)13(17)27)24-7-21-11-15(24)19-6-20-16(11)29-25-9-4-2-1-3-8(9)22-23-25/h1-4,6-7,10,12-14,26-27H,5H2/t10?,12?,13-,14?,17-/m1/s1. The molecular formula is C17H14FN7O4. The van der Waals surface area contributed by atoms with E-state index in [1.54, 1.807) is 12.1 Å². The molecule has 6 rings (SSSR count). The molecule has 4 aromatic rings. The van der Waals surface area contributed by atoms with Crippen molar-refractivity contribution in [3.05, 3.63) is 36.9 Å². The molecular weight excluding hydrogens is 385 g/mol. The molecule has 29 heavy (non-hydrogen) atoms. The van der Waals surface area contributed by atoms with Gasteiger partial charge in [0.05, 0.1) is 12.9 Å². The maximum Gasteiger partial charge on any atom is 0.280 e. The first-order valence-corrected chi connectivity index (χ1v) is 8.92. The van der Waals surface area contributed by atoms with E-state index < -0.39 is 36.6 Å². The van der Waals surface area contributed by atoms with Crippen LogP contribution in [0.4, 0.5) is 4.39 Å². The van der Waals surface area contributed by atoms with Gasteiger partial charge >= 0.3 is 0 Å². The number of para-hydroxylation sites is 1. The summed E-state index contributed by atoms with van der Waals surface area (Å²) in [4.78, 5) is 19.5. The molecule has 0 bridgehead atoms. The predicted octanol–water partition coefficient (Wildman–Crippen LogP) is -0.203. The highest BCUT2D eigenvalue weighted by Gasteiger charge is 2.79. The van der Waals surface area contributed by atoms with Crippen molar-refractivity contribution in [3.8, 4) is 5.88 Å². The van der Waals surface area contributed by atoms with E-state index in [0.29, 0.717) is 22.2 Å². The molecule has 4 heterocycles. The molecule has 148 valence electrons. The molecule has 2 aliphatic rings. The van der Waals surface area contributed by atoms with Gasteiger partial charge in [-0.2, -0.15) is 4.98 Å². The summed E-state index contributed by atoms with van der Waals surface area (Å²) in [5, 5.41) is 27.3. The Morgan fingerprint density at radius 3 is 2.90 bits per heavy atom. The first-order valence-electron chi connectivity index (χ1n) is 8.92. The fourth-order valence-electron chi connectivity index (χ4n) is 4.00. The minimum Gasteiger partial charge on any atom is -0.394 e. The second kappa shape index (κ2) is 5.65. The van der Waals surface area contributed by atoms with Crippen molar-refractivity contribution < 1.29 is 24.2 Å². The lowest BCUT2D eigenvalue weighted by Crippen LogP contribution is -2.37. The van der Waals surface area contributed by atoms with Crippen molar-refractivity contribution in [2.75, 3.05) is 6.61 Å². The second-order valence-corrected chi connectivity index (χ2v) is 7.04. The van der Waals surface area contributed by atoms with E-state index in [1.807, 2.05) is 12.1 Å². The van der Waals surface area contributed by atoms with Crippen molar-refractivity contribution in [1.29, 1.82) is 0 Å². The number of hydrogen-bond donors (Lipinski definition) is 2. The van der Waals surface area contributed by atoms with E-state index in [1.165, 1.54) is 22.1 Å². The van der Waals surface area contributed by atoms with E-state index in [9.17, 15) is 10.2 Å². The van der Waals surface area contributed by atoms with Gasteiger partial charge in [-0.25, -0.2) is 14.4 Å². The zero-order chi connectivity index (χ0) is 19.8. The average molecular weight is 399 g/mol. The molecule has 0 radical (unpaired) electrons. The molecule has 3 unspecified atom stereocenters. The molecule has 1 aromatic carbocycles. The summed E-state index contributed by atoms with van der Waals surface area (Å²) in [6.45, 7) is -0.452. The smallest absolute Gasteiger partial charge is 0.280 e. The molecule has 1 aliphatic heterocycles. The minimum atomic E-state index is -2.00. The quantitative estimate of drug-likeness (QED) is 0.478. The number of alkyl halides is 1. The fraction of sp³-hybridized carbons (Fsp3) is 0.353. The first-order chi connectivity index (χ1) is 14.1. The van der Waals surface area contributed by atoms with Gasteiger partial charge in [0.15, 0.2) is 16.8 Å². The normalized spacial score (nSPS) is 30.7. The third kappa shape index (κ3) is 2.13. The van der Waals surface area contributed by atoms with Crippen LogP contribution in [-0.4, -0.2) is 75.5 Å². The van der Waals surface area contributed by atoms with Crippen molar-refractivity contribution in [2.45, 2.75) is 30.0 Å². The van der Waals surface area contributed by atoms with Gasteiger partial charge in [0, 0.05) is 0 Å². The molecule has 12 heteroatoms. The van der Waals surface area contributed by atoms with Gasteiger partial charge in [0.1, 0.15) is 41.7 Å². The topological polar surface area (TPSA) is 133 Å². The maximum atomic E-state index is 15.2. The van der Waals surface area contributed by atoms with Crippen molar-refractivity contribution >= 4 is 22.2 Å². The van der Waals surface area contributed by atoms with Crippen LogP contribution in [0, 0.1) is 0 Å². The number of imidazole rings is 1. The van der Waals surface area contributed by atoms with Gasteiger partial charge in [-0.05, 0) is 17.3 Å². The SMILES string of the molecule is OCC1OC2C(n3cnc4c(On5nnc6ccccc65)ncnc43)[C@@]2(F)[C@@H]1O. The summed E-state index contributed by atoms with van der Waals surface area (Å²) >= 11 is 0. The Kier molecular flexibility index (Phi) is 3.26. The fourth-order valence-corrected chi connectivity index (χ4v) is 4.00. The van der Waals surface area contributed by atoms with Gasteiger partial charge in [-0.3, -0.25) is 0 Å². The monoisotopic (exact) mass is 399 g/mol. The van der Waals surface area contributed by atoms with Gasteiger partial charge in [0.2, 0.25) is 0 Å². The zero-order valence-corrected chi connectivity index (χ0v) is 14.7. The lowest BCUT2D eigenvalue weighted by molar-refractivity contribution is -0.0473. The third-order valence-electron chi connectivity index (χ3n) is 5.49. The Bertz CT molecular complexity index is 1240. The number of rotatable bonds is 4. The highest BCUT2D eigenvalue weighted by molar-refractivity contribution is 5.77. The van der Waals surface area contributed by atoms with Crippen molar-refractivity contribution in [2.24, 2.45) is 0 Å². The molecule has 2 fully saturated rings. The van der Waals surface area contributed by atoms with Gasteiger partial charge in [-0.15, -0.1) is 5.10 Å². The zero-order valence-electron chi connectivity index (χ0n) is 14.7. The number of hydrogen-bond acceptors (Lipinski definition) is 9. The van der Waals surface area contributed by atoms with Gasteiger partial charge < -0.3 is 24.4 Å². The molecule has 1 saturated heterocycles. The highest BCUT2D eigenvalue weighted by Crippen LogP contribution is 2.61. The molecule has 0 amide bonds. The number of fused-ring (bicyclic) bond motifs is 3. The Morgan fingerprint density at radius 1 is 1.24 bits per heavy atom. The number of aliphatic hydroxyl groups excluding tert-OH is 2. The molecule has 11 nitrogen and oxygen atoms in total. The van der Waals surface area contributed by atoms with Crippen LogP contribution >= 0.6 is 0 Å². The largest absolute Gasteiger partial charge is 0.394 e. The molecule has 1 saturated carbocycles. The maximum absolute atomic E-state index is 15.2. The van der Waals surface area contributed by atoms with Crippen molar-refractivity contribution in [3.63, 3.8) is 0 Å². The summed E-state index contributed by atoms with van der Waals surface area (Å²) in [5.41, 5.74) is -0.0846. The number of aromatic nitrogens is 7. The molecule has 5 atom stereocenters. The average Bonchev–Trinajstić information content (AvgIpc) is 3.11. The van der Waals surface area contributed by atoms with E-state index in [0.717, 1.165) is 0 Å². The lowest BCUT2D eigenvalue weighted by atomic mass is 10.1. The summed E-state index contributed by atoms with van der Waals surface area (Å²) in [6, 6.07) is 6.45. The lowest BCUT2D eigenvalue weighted by Gasteiger charge is -2.19. The number of halogens is 1. The van der Waals surface area contributed by atoms with E-state index in [2.05, 4.69) is 25.3 Å². The highest BCUT2D eigenvalue weighted by atomic mass is 19.1. The Morgan fingerprint density at radius 2 is 2.10 bits per heavy atom. The summed E-state index contributed by atoms with van der Waals surface area (Å²) in [6.07, 6.45) is -0.582. The van der Waals surface area contributed by atoms with Crippen LogP contribution in [0.15, 0.2) is 36.9 Å². The van der Waals surface area contributed by atoms with Crippen LogP contribution in [0.5, 0.6) is 5.88 Å². The summed E-state index contributed by atoms with van der Waals surface area (Å²) < 4.78 is 22.1. The Hall–Kier alpha value is -3.22. The summed E-state index contributed by atoms with van der Waals surface area (Å²) in [7, 11) is 0. The van der Waals surface area contributed by atoms with Crippen LogP contribution in [0.25, 0.3) is 22.2 Å². The number of aliphatic hydroxyl groups is 2. The van der Waals surface area contributed by atoms with Crippen LogP contribution in [0.2, 0.25) is 0 Å². The Balaban J connectivity index is 1.37. The van der Waals surface area contributed by atoms with E-state index in [4.69, 9.17) is 9.57 Å². The van der Waals surface area contributed by atoms with Gasteiger partial charge in [0.25, 0.3) is 5.88 Å². The minimum absolute atomic E-state index is 0.123. The van der Waals surface area contributed by atoms with Crippen LogP contribution in [0.3, 0.4) is 0 Å². The van der Waals surface area contributed by atoms with Gasteiger partial charge in [-0.1, -0.05) is 17.0 Å². The van der Waals surface area contributed by atoms with Crippen LogP contribution in [-0.2, 0) is 4.74 Å². The molecule has 0 spiro atoms. The number of nitrogens with zero attached hydrogens (tertiary/aromatic N) is 7.